The molecule has 0 fully saturated rings. The average Bonchev–Trinajstić information content (AvgIpc) is 2.96. The fourth-order valence-electron chi connectivity index (χ4n) is 2.24. The summed E-state index contributed by atoms with van der Waals surface area (Å²) in [7, 11) is 0. The monoisotopic (exact) mass is 239 g/mol. The van der Waals surface area contributed by atoms with Crippen molar-refractivity contribution < 1.29 is 5.01 Å². The minimum atomic E-state index is 1.01. The van der Waals surface area contributed by atoms with Gasteiger partial charge in [0, 0.05) is 18.6 Å². The van der Waals surface area contributed by atoms with Crippen molar-refractivity contribution in [3.63, 3.8) is 0 Å². The molecule has 4 heteroatoms. The third-order valence-electron chi connectivity index (χ3n) is 3.04. The zero-order valence-electron chi connectivity index (χ0n) is 10.4. The average molecular weight is 239 g/mol. The first-order valence-electron chi connectivity index (χ1n) is 5.96. The van der Waals surface area contributed by atoms with Crippen LogP contribution in [0, 0.1) is 0 Å². The summed E-state index contributed by atoms with van der Waals surface area (Å²) >= 11 is 0. The summed E-state index contributed by atoms with van der Waals surface area (Å²) in [4.78, 5) is 0. The summed E-state index contributed by atoms with van der Waals surface area (Å²) in [6, 6.07) is 10.2. The lowest BCUT2D eigenvalue weighted by atomic mass is 10.1. The van der Waals surface area contributed by atoms with Crippen LogP contribution in [0.25, 0.3) is 11.3 Å². The lowest BCUT2D eigenvalue weighted by molar-refractivity contribution is -0.794. The van der Waals surface area contributed by atoms with Gasteiger partial charge in [-0.25, -0.2) is 0 Å². The van der Waals surface area contributed by atoms with Crippen LogP contribution in [0.2, 0.25) is 0 Å². The van der Waals surface area contributed by atoms with Crippen LogP contribution in [-0.4, -0.2) is 15.9 Å². The minimum Gasteiger partial charge on any atom is -0.272 e. The minimum absolute atomic E-state index is 1.01. The molecule has 1 aromatic carbocycles. The molecule has 1 unspecified atom stereocenters. The van der Waals surface area contributed by atoms with E-state index in [1.165, 1.54) is 5.70 Å². The van der Waals surface area contributed by atoms with E-state index in [1.54, 1.807) is 0 Å². The van der Waals surface area contributed by atoms with Crippen LogP contribution in [0.15, 0.2) is 53.4 Å². The molecule has 18 heavy (non-hydrogen) atoms. The Hall–Kier alpha value is -2.20. The van der Waals surface area contributed by atoms with Gasteiger partial charge in [0.2, 0.25) is 5.69 Å². The number of rotatable bonds is 2. The normalized spacial score (nSPS) is 18.7. The van der Waals surface area contributed by atoms with Crippen molar-refractivity contribution >= 4 is 11.4 Å². The number of nitrogens with one attached hydrogen (secondary N) is 2. The van der Waals surface area contributed by atoms with Crippen molar-refractivity contribution in [1.82, 2.24) is 10.2 Å². The van der Waals surface area contributed by atoms with Crippen LogP contribution >= 0.6 is 0 Å². The summed E-state index contributed by atoms with van der Waals surface area (Å²) in [6.45, 7) is 4.09. The van der Waals surface area contributed by atoms with E-state index in [1.807, 2.05) is 31.3 Å². The van der Waals surface area contributed by atoms with Gasteiger partial charge in [0.25, 0.3) is 0 Å². The largest absolute Gasteiger partial charge is 0.272 e. The molecule has 0 amide bonds. The number of hydrogen-bond acceptors (Lipinski definition) is 2. The van der Waals surface area contributed by atoms with Crippen molar-refractivity contribution in [2.24, 2.45) is 5.10 Å². The highest BCUT2D eigenvalue weighted by Gasteiger charge is 2.25. The highest BCUT2D eigenvalue weighted by Crippen LogP contribution is 2.23. The molecule has 1 aliphatic rings. The molecule has 2 N–H and O–H groups in total. The maximum absolute atomic E-state index is 4.58. The summed E-state index contributed by atoms with van der Waals surface area (Å²) in [5.41, 5.74) is 5.45. The number of allylic oxidation sites excluding steroid dienone is 2. The molecule has 4 nitrogen and oxygen atoms in total. The van der Waals surface area contributed by atoms with Crippen molar-refractivity contribution in [1.29, 1.82) is 0 Å². The van der Waals surface area contributed by atoms with Crippen LogP contribution in [-0.2, 0) is 0 Å². The van der Waals surface area contributed by atoms with Gasteiger partial charge >= 0.3 is 0 Å². The molecule has 2 aromatic rings. The molecule has 0 bridgehead atoms. The molecule has 2 heterocycles. The van der Waals surface area contributed by atoms with E-state index in [9.17, 15) is 0 Å². The maximum Gasteiger partial charge on any atom is 0.208 e. The number of hydrogen-bond donors (Lipinski definition) is 2. The van der Waals surface area contributed by atoms with E-state index in [-0.39, 0.29) is 0 Å². The van der Waals surface area contributed by atoms with E-state index in [0.717, 1.165) is 27.7 Å². The molecule has 0 radical (unpaired) electrons. The molecular formula is C14H15N4+. The predicted octanol–water partition coefficient (Wildman–Crippen LogP) is 1.89. The molecular weight excluding hydrogens is 224 g/mol. The number of aromatic amines is 1. The molecule has 0 spiro atoms. The zero-order valence-corrected chi connectivity index (χ0v) is 10.4. The topological polar surface area (TPSA) is 45.5 Å². The van der Waals surface area contributed by atoms with E-state index >= 15 is 0 Å². The number of H-pyrrole nitrogens is 1. The molecule has 1 aromatic heterocycles. The lowest BCUT2D eigenvalue weighted by Crippen LogP contribution is -2.99. The Balaban J connectivity index is 2.06. The number of quaternary nitrogens is 1. The van der Waals surface area contributed by atoms with Gasteiger partial charge in [0.05, 0.1) is 5.71 Å². The summed E-state index contributed by atoms with van der Waals surface area (Å²) < 4.78 is 0. The molecule has 0 aliphatic carbocycles. The lowest BCUT2D eigenvalue weighted by Gasteiger charge is -2.08. The predicted molar refractivity (Wildman–Crippen MR) is 71.5 cm³/mol. The second kappa shape index (κ2) is 4.23. The molecule has 1 aliphatic heterocycles. The fraction of sp³-hybridized carbons (Fsp3) is 0.143. The second-order valence-corrected chi connectivity index (χ2v) is 4.45. The first-order valence-corrected chi connectivity index (χ1v) is 5.96. The molecule has 0 saturated carbocycles. The second-order valence-electron chi connectivity index (χ2n) is 4.45. The van der Waals surface area contributed by atoms with Gasteiger partial charge in [0.15, 0.2) is 0 Å². The van der Waals surface area contributed by atoms with Crippen LogP contribution < -0.4 is 5.01 Å². The molecule has 3 rings (SSSR count). The highest BCUT2D eigenvalue weighted by atomic mass is 15.5. The zero-order chi connectivity index (χ0) is 12.5. The van der Waals surface area contributed by atoms with Crippen molar-refractivity contribution in [2.75, 3.05) is 0 Å². The number of aromatic nitrogens is 2. The SMILES string of the molecule is CC1=CC(C)=N[NH+]1c1cn[nH]c1-c1ccccc1. The third-order valence-corrected chi connectivity index (χ3v) is 3.04. The van der Waals surface area contributed by atoms with Gasteiger partial charge in [-0.05, 0) is 6.92 Å². The molecule has 0 saturated heterocycles. The first kappa shape index (κ1) is 10.9. The Labute approximate surface area is 106 Å². The van der Waals surface area contributed by atoms with Crippen molar-refractivity contribution in [2.45, 2.75) is 13.8 Å². The van der Waals surface area contributed by atoms with Crippen LogP contribution in [0.4, 0.5) is 5.69 Å². The van der Waals surface area contributed by atoms with Gasteiger partial charge in [-0.2, -0.15) is 5.10 Å². The third kappa shape index (κ3) is 1.76. The Morgan fingerprint density at radius 1 is 1.11 bits per heavy atom. The summed E-state index contributed by atoms with van der Waals surface area (Å²) in [5.74, 6) is 0. The number of nitrogens with zero attached hydrogens (tertiary/aromatic N) is 2. The quantitative estimate of drug-likeness (QED) is 0.826. The van der Waals surface area contributed by atoms with Crippen LogP contribution in [0.1, 0.15) is 13.8 Å². The van der Waals surface area contributed by atoms with Gasteiger partial charge in [-0.1, -0.05) is 35.4 Å². The van der Waals surface area contributed by atoms with E-state index in [0.29, 0.717) is 0 Å². The van der Waals surface area contributed by atoms with Gasteiger partial charge < -0.3 is 0 Å². The highest BCUT2D eigenvalue weighted by molar-refractivity contribution is 5.93. The van der Waals surface area contributed by atoms with E-state index in [4.69, 9.17) is 0 Å². The first-order chi connectivity index (χ1) is 8.75. The fourth-order valence-corrected chi connectivity index (χ4v) is 2.24. The summed E-state index contributed by atoms with van der Waals surface area (Å²) in [6.07, 6.45) is 3.94. The smallest absolute Gasteiger partial charge is 0.208 e. The van der Waals surface area contributed by atoms with E-state index in [2.05, 4.69) is 40.4 Å². The van der Waals surface area contributed by atoms with Crippen molar-refractivity contribution in [3.8, 4) is 11.3 Å². The Bertz CT molecular complexity index is 622. The van der Waals surface area contributed by atoms with E-state index < -0.39 is 0 Å². The Kier molecular flexibility index (Phi) is 2.57. The molecule has 1 atom stereocenters. The Morgan fingerprint density at radius 2 is 1.89 bits per heavy atom. The van der Waals surface area contributed by atoms with Gasteiger partial charge in [0.1, 0.15) is 17.6 Å². The van der Waals surface area contributed by atoms with Crippen molar-refractivity contribution in [3.05, 3.63) is 48.3 Å². The van der Waals surface area contributed by atoms with Gasteiger partial charge in [-0.3, -0.25) is 5.10 Å². The van der Waals surface area contributed by atoms with Crippen LogP contribution in [0.3, 0.4) is 0 Å². The Morgan fingerprint density at radius 3 is 2.56 bits per heavy atom. The standard InChI is InChI=1S/C14H14N4/c1-10-8-11(2)18(17-10)13-9-15-16-14(13)12-6-4-3-5-7-12/h3-9H,1-2H3,(H,15,16)/p+1. The van der Waals surface area contributed by atoms with Crippen LogP contribution in [0.5, 0.6) is 0 Å². The number of benzene rings is 1. The maximum atomic E-state index is 4.58. The summed E-state index contributed by atoms with van der Waals surface area (Å²) in [5, 5.41) is 12.8. The molecule has 90 valence electrons. The van der Waals surface area contributed by atoms with Gasteiger partial charge in [-0.15, -0.1) is 5.01 Å².